The number of rotatable bonds is 5. The molecule has 18 heavy (non-hydrogen) atoms. The number of anilines is 1. The molecular weight excluding hydrogens is 250 g/mol. The Hall–Kier alpha value is -1.14. The van der Waals surface area contributed by atoms with Crippen LogP contribution in [0.1, 0.15) is 25.7 Å². The zero-order valence-electron chi connectivity index (χ0n) is 10.0. The van der Waals surface area contributed by atoms with E-state index in [2.05, 4.69) is 10.3 Å². The van der Waals surface area contributed by atoms with E-state index in [0.29, 0.717) is 23.7 Å². The molecule has 0 amide bonds. The Kier molecular flexibility index (Phi) is 2.79. The average molecular weight is 267 g/mol. The highest BCUT2D eigenvalue weighted by molar-refractivity contribution is 7.89. The van der Waals surface area contributed by atoms with Gasteiger partial charge in [-0.25, -0.2) is 18.5 Å². The van der Waals surface area contributed by atoms with Gasteiger partial charge in [0.25, 0.3) is 0 Å². The predicted octanol–water partition coefficient (Wildman–Crippen LogP) is 1.33. The summed E-state index contributed by atoms with van der Waals surface area (Å²) in [5.74, 6) is 1.75. The fourth-order valence-corrected chi connectivity index (χ4v) is 3.07. The third-order valence-corrected chi connectivity index (χ3v) is 4.58. The van der Waals surface area contributed by atoms with Gasteiger partial charge in [0.2, 0.25) is 10.0 Å². The molecule has 1 aromatic rings. The van der Waals surface area contributed by atoms with Crippen molar-refractivity contribution in [3.8, 4) is 0 Å². The van der Waals surface area contributed by atoms with E-state index in [1.54, 1.807) is 12.3 Å². The third-order valence-electron chi connectivity index (χ3n) is 3.64. The molecule has 2 saturated carbocycles. The number of hydrogen-bond donors (Lipinski definition) is 2. The number of hydrogen-bond acceptors (Lipinski definition) is 4. The van der Waals surface area contributed by atoms with Gasteiger partial charge in [-0.15, -0.1) is 0 Å². The molecule has 0 atom stereocenters. The van der Waals surface area contributed by atoms with Crippen molar-refractivity contribution in [2.24, 2.45) is 17.0 Å². The molecule has 1 heterocycles. The van der Waals surface area contributed by atoms with Gasteiger partial charge in [0.1, 0.15) is 10.7 Å². The summed E-state index contributed by atoms with van der Waals surface area (Å²) in [5.41, 5.74) is 0. The van der Waals surface area contributed by atoms with Crippen LogP contribution in [0.15, 0.2) is 23.2 Å². The van der Waals surface area contributed by atoms with Crippen LogP contribution in [0.4, 0.5) is 5.82 Å². The Bertz CT molecular complexity index is 538. The molecule has 0 unspecified atom stereocenters. The molecule has 3 rings (SSSR count). The van der Waals surface area contributed by atoms with Crippen LogP contribution < -0.4 is 10.5 Å². The summed E-state index contributed by atoms with van der Waals surface area (Å²) in [7, 11) is -3.71. The normalized spacial score (nSPS) is 20.1. The lowest BCUT2D eigenvalue weighted by atomic mass is 10.1. The van der Waals surface area contributed by atoms with Gasteiger partial charge in [-0.05, 0) is 49.7 Å². The molecule has 3 N–H and O–H groups in total. The number of sulfonamides is 1. The highest BCUT2D eigenvalue weighted by Gasteiger charge is 2.42. The first-order chi connectivity index (χ1) is 8.55. The monoisotopic (exact) mass is 267 g/mol. The van der Waals surface area contributed by atoms with E-state index in [1.165, 1.54) is 31.7 Å². The lowest BCUT2D eigenvalue weighted by molar-refractivity contribution is 0.562. The molecule has 2 aliphatic rings. The van der Waals surface area contributed by atoms with Gasteiger partial charge in [0.05, 0.1) is 0 Å². The summed E-state index contributed by atoms with van der Waals surface area (Å²) >= 11 is 0. The van der Waals surface area contributed by atoms with Crippen molar-refractivity contribution in [2.45, 2.75) is 36.6 Å². The zero-order valence-corrected chi connectivity index (χ0v) is 10.9. The lowest BCUT2D eigenvalue weighted by Gasteiger charge is -2.19. The first-order valence-corrected chi connectivity index (χ1v) is 7.84. The summed E-state index contributed by atoms with van der Waals surface area (Å²) in [6.45, 7) is 0. The van der Waals surface area contributed by atoms with Crippen molar-refractivity contribution >= 4 is 15.8 Å². The minimum absolute atomic E-state index is 0.0938. The minimum atomic E-state index is -3.71. The van der Waals surface area contributed by atoms with Crippen molar-refractivity contribution in [3.63, 3.8) is 0 Å². The smallest absolute Gasteiger partial charge is 0.241 e. The van der Waals surface area contributed by atoms with Gasteiger partial charge in [-0.3, -0.25) is 0 Å². The van der Waals surface area contributed by atoms with E-state index in [4.69, 9.17) is 5.14 Å². The fourth-order valence-electron chi connectivity index (χ4n) is 2.42. The Morgan fingerprint density at radius 2 is 1.89 bits per heavy atom. The van der Waals surface area contributed by atoms with Gasteiger partial charge in [0, 0.05) is 12.2 Å². The first-order valence-electron chi connectivity index (χ1n) is 6.30. The molecule has 0 aliphatic heterocycles. The van der Waals surface area contributed by atoms with E-state index >= 15 is 0 Å². The van der Waals surface area contributed by atoms with Gasteiger partial charge >= 0.3 is 0 Å². The van der Waals surface area contributed by atoms with Crippen LogP contribution in [-0.4, -0.2) is 19.4 Å². The van der Waals surface area contributed by atoms with Crippen LogP contribution in [0.2, 0.25) is 0 Å². The molecule has 2 aliphatic carbocycles. The summed E-state index contributed by atoms with van der Waals surface area (Å²) in [6.07, 6.45) is 6.50. The summed E-state index contributed by atoms with van der Waals surface area (Å²) in [4.78, 5) is 4.23. The number of pyridine rings is 1. The maximum absolute atomic E-state index is 11.5. The van der Waals surface area contributed by atoms with Gasteiger partial charge in [-0.2, -0.15) is 0 Å². The average Bonchev–Trinajstić information content (AvgIpc) is 3.16. The molecule has 0 radical (unpaired) electrons. The van der Waals surface area contributed by atoms with Crippen molar-refractivity contribution in [3.05, 3.63) is 18.3 Å². The van der Waals surface area contributed by atoms with E-state index in [-0.39, 0.29) is 4.90 Å². The highest BCUT2D eigenvalue weighted by atomic mass is 32.2. The van der Waals surface area contributed by atoms with Crippen molar-refractivity contribution in [2.75, 3.05) is 5.32 Å². The number of primary sulfonamides is 1. The molecule has 5 nitrogen and oxygen atoms in total. The number of nitrogens with zero attached hydrogens (tertiary/aromatic N) is 1. The standard InChI is InChI=1S/C12H17N3O2S/c13-18(16,17)10-2-1-7-14-12(10)15-11(8-3-4-8)9-5-6-9/h1-2,7-9,11H,3-6H2,(H,14,15)(H2,13,16,17). The fraction of sp³-hybridized carbons (Fsp3) is 0.583. The van der Waals surface area contributed by atoms with E-state index in [1.807, 2.05) is 0 Å². The maximum Gasteiger partial charge on any atom is 0.241 e. The maximum atomic E-state index is 11.5. The molecule has 98 valence electrons. The van der Waals surface area contributed by atoms with E-state index in [0.717, 1.165) is 0 Å². The lowest BCUT2D eigenvalue weighted by Crippen LogP contribution is -2.26. The van der Waals surface area contributed by atoms with Crippen LogP contribution in [0.5, 0.6) is 0 Å². The molecule has 2 fully saturated rings. The number of aromatic nitrogens is 1. The van der Waals surface area contributed by atoms with Crippen molar-refractivity contribution < 1.29 is 8.42 Å². The quantitative estimate of drug-likeness (QED) is 0.842. The third kappa shape index (κ3) is 2.49. The summed E-state index contributed by atoms with van der Waals surface area (Å²) in [5, 5.41) is 8.52. The largest absolute Gasteiger partial charge is 0.366 e. The second-order valence-electron chi connectivity index (χ2n) is 5.24. The zero-order chi connectivity index (χ0) is 12.8. The molecule has 0 saturated heterocycles. The molecule has 0 aromatic carbocycles. The topological polar surface area (TPSA) is 85.1 Å². The Balaban J connectivity index is 1.87. The Morgan fingerprint density at radius 3 is 2.39 bits per heavy atom. The minimum Gasteiger partial charge on any atom is -0.366 e. The van der Waals surface area contributed by atoms with Gasteiger partial charge < -0.3 is 5.32 Å². The van der Waals surface area contributed by atoms with Crippen LogP contribution in [0.3, 0.4) is 0 Å². The molecule has 1 aromatic heterocycles. The van der Waals surface area contributed by atoms with Crippen LogP contribution in [0.25, 0.3) is 0 Å². The Morgan fingerprint density at radius 1 is 1.28 bits per heavy atom. The van der Waals surface area contributed by atoms with Crippen LogP contribution in [0, 0.1) is 11.8 Å². The first kappa shape index (κ1) is 11.9. The van der Waals surface area contributed by atoms with Crippen molar-refractivity contribution in [1.82, 2.24) is 4.98 Å². The molecular formula is C12H17N3O2S. The summed E-state index contributed by atoms with van der Waals surface area (Å²) in [6, 6.07) is 3.45. The number of nitrogens with one attached hydrogen (secondary N) is 1. The number of nitrogens with two attached hydrogens (primary N) is 1. The second kappa shape index (κ2) is 4.20. The Labute approximate surface area is 107 Å². The van der Waals surface area contributed by atoms with Crippen molar-refractivity contribution in [1.29, 1.82) is 0 Å². The molecule has 0 bridgehead atoms. The van der Waals surface area contributed by atoms with Crippen LogP contribution in [-0.2, 0) is 10.0 Å². The highest BCUT2D eigenvalue weighted by Crippen LogP contribution is 2.46. The van der Waals surface area contributed by atoms with Gasteiger partial charge in [-0.1, -0.05) is 0 Å². The SMILES string of the molecule is NS(=O)(=O)c1cccnc1NC(C1CC1)C1CC1. The van der Waals surface area contributed by atoms with Gasteiger partial charge in [0.15, 0.2) is 0 Å². The molecule has 0 spiro atoms. The summed E-state index contributed by atoms with van der Waals surface area (Å²) < 4.78 is 23.0. The van der Waals surface area contributed by atoms with Crippen LogP contribution >= 0.6 is 0 Å². The molecule has 6 heteroatoms. The predicted molar refractivity (Wildman–Crippen MR) is 68.5 cm³/mol. The van der Waals surface area contributed by atoms with E-state index < -0.39 is 10.0 Å². The second-order valence-corrected chi connectivity index (χ2v) is 6.77. The van der Waals surface area contributed by atoms with E-state index in [9.17, 15) is 8.42 Å².